The molecule has 1 amide bonds. The summed E-state index contributed by atoms with van der Waals surface area (Å²) in [6, 6.07) is 15.5. The van der Waals surface area contributed by atoms with Crippen molar-refractivity contribution in [1.29, 1.82) is 0 Å². The summed E-state index contributed by atoms with van der Waals surface area (Å²) in [6.07, 6.45) is 0.490. The van der Waals surface area contributed by atoms with Gasteiger partial charge in [0.25, 0.3) is 0 Å². The number of hydrogen-bond donors (Lipinski definition) is 2. The van der Waals surface area contributed by atoms with E-state index >= 15 is 0 Å². The van der Waals surface area contributed by atoms with Crippen LogP contribution in [0.25, 0.3) is 10.9 Å². The molecule has 1 fully saturated rings. The maximum absolute atomic E-state index is 12.9. The van der Waals surface area contributed by atoms with Gasteiger partial charge in [0.05, 0.1) is 0 Å². The number of hydrogen-bond acceptors (Lipinski definition) is 3. The number of carbonyl (C=O) groups is 2. The molecule has 30 heavy (non-hydrogen) atoms. The summed E-state index contributed by atoms with van der Waals surface area (Å²) < 4.78 is 5.97. The van der Waals surface area contributed by atoms with Gasteiger partial charge in [-0.25, -0.2) is 4.79 Å². The Bertz CT molecular complexity index is 1030. The number of H-pyrrole nitrogens is 1. The van der Waals surface area contributed by atoms with Gasteiger partial charge < -0.3 is 19.7 Å². The molecule has 0 saturated carbocycles. The average molecular weight is 427 g/mol. The highest BCUT2D eigenvalue weighted by atomic mass is 35.5. The molecular weight excluding hydrogens is 404 g/mol. The number of ether oxygens (including phenoxy) is 1. The van der Waals surface area contributed by atoms with E-state index in [1.807, 2.05) is 49.4 Å². The van der Waals surface area contributed by atoms with E-state index in [9.17, 15) is 14.7 Å². The minimum Gasteiger partial charge on any atom is -0.480 e. The zero-order valence-corrected chi connectivity index (χ0v) is 17.3. The lowest BCUT2D eigenvalue weighted by Crippen LogP contribution is -2.53. The number of nitrogens with zero attached hydrogens (tertiary/aromatic N) is 1. The molecule has 2 heterocycles. The van der Waals surface area contributed by atoms with Crippen molar-refractivity contribution in [3.05, 3.63) is 70.9 Å². The Morgan fingerprint density at radius 1 is 1.27 bits per heavy atom. The van der Waals surface area contributed by atoms with Crippen molar-refractivity contribution in [1.82, 2.24) is 9.88 Å². The van der Waals surface area contributed by atoms with E-state index in [-0.39, 0.29) is 12.5 Å². The number of para-hydroxylation sites is 1. The molecule has 3 aromatic rings. The first kappa shape index (κ1) is 20.4. The van der Waals surface area contributed by atoms with Crippen LogP contribution in [0, 0.1) is 0 Å². The van der Waals surface area contributed by atoms with Gasteiger partial charge in [-0.05, 0) is 41.6 Å². The Morgan fingerprint density at radius 2 is 2.00 bits per heavy atom. The van der Waals surface area contributed by atoms with E-state index in [1.165, 1.54) is 4.90 Å². The summed E-state index contributed by atoms with van der Waals surface area (Å²) in [4.78, 5) is 29.9. The summed E-state index contributed by atoms with van der Waals surface area (Å²) >= 11 is 6.05. The van der Waals surface area contributed by atoms with E-state index in [4.69, 9.17) is 16.3 Å². The van der Waals surface area contributed by atoms with Crippen LogP contribution in [0.15, 0.2) is 54.6 Å². The van der Waals surface area contributed by atoms with Crippen LogP contribution in [0.2, 0.25) is 5.02 Å². The molecule has 1 aromatic heterocycles. The molecule has 3 unspecified atom stereocenters. The molecule has 1 aliphatic rings. The molecule has 2 aromatic carbocycles. The maximum Gasteiger partial charge on any atom is 0.326 e. The first-order chi connectivity index (χ1) is 14.5. The highest BCUT2D eigenvalue weighted by Gasteiger charge is 2.44. The van der Waals surface area contributed by atoms with Crippen molar-refractivity contribution < 1.29 is 19.4 Å². The highest BCUT2D eigenvalue weighted by molar-refractivity contribution is 6.30. The van der Waals surface area contributed by atoms with Gasteiger partial charge >= 0.3 is 5.97 Å². The Kier molecular flexibility index (Phi) is 5.79. The lowest BCUT2D eigenvalue weighted by Gasteiger charge is -2.43. The quantitative estimate of drug-likeness (QED) is 0.597. The number of carbonyl (C=O) groups excluding carboxylic acids is 1. The third-order valence-electron chi connectivity index (χ3n) is 5.51. The van der Waals surface area contributed by atoms with E-state index in [1.54, 1.807) is 12.1 Å². The van der Waals surface area contributed by atoms with Gasteiger partial charge in [-0.2, -0.15) is 0 Å². The first-order valence-corrected chi connectivity index (χ1v) is 10.4. The number of morpholine rings is 1. The van der Waals surface area contributed by atoms with Gasteiger partial charge in [0.15, 0.2) is 0 Å². The number of benzene rings is 2. The van der Waals surface area contributed by atoms with Crippen molar-refractivity contribution in [2.45, 2.75) is 38.0 Å². The first-order valence-electron chi connectivity index (χ1n) is 9.98. The Hall–Kier alpha value is -2.83. The zero-order chi connectivity index (χ0) is 21.3. The molecule has 2 N–H and O–H groups in total. The largest absolute Gasteiger partial charge is 0.480 e. The minimum atomic E-state index is -1.01. The predicted octanol–water partition coefficient (Wildman–Crippen LogP) is 4.72. The van der Waals surface area contributed by atoms with E-state index < -0.39 is 24.2 Å². The predicted molar refractivity (Wildman–Crippen MR) is 114 cm³/mol. The second-order valence-electron chi connectivity index (χ2n) is 7.48. The number of fused-ring (bicyclic) bond motifs is 1. The van der Waals surface area contributed by atoms with Gasteiger partial charge in [0.2, 0.25) is 5.91 Å². The highest BCUT2D eigenvalue weighted by Crippen LogP contribution is 2.42. The van der Waals surface area contributed by atoms with Crippen molar-refractivity contribution in [3.8, 4) is 0 Å². The molecule has 0 bridgehead atoms. The third kappa shape index (κ3) is 3.80. The van der Waals surface area contributed by atoms with Crippen LogP contribution in [-0.2, 0) is 14.3 Å². The van der Waals surface area contributed by atoms with Crippen LogP contribution in [0.1, 0.15) is 43.2 Å². The van der Waals surface area contributed by atoms with Gasteiger partial charge in [-0.1, -0.05) is 55.3 Å². The number of rotatable bonds is 6. The molecule has 7 heteroatoms. The zero-order valence-electron chi connectivity index (χ0n) is 16.5. The molecule has 6 nitrogen and oxygen atoms in total. The number of nitrogens with one attached hydrogen (secondary N) is 1. The van der Waals surface area contributed by atoms with Crippen LogP contribution < -0.4 is 0 Å². The molecule has 1 aliphatic heterocycles. The van der Waals surface area contributed by atoms with Crippen LogP contribution >= 0.6 is 11.6 Å². The molecule has 0 radical (unpaired) electrons. The molecule has 1 saturated heterocycles. The smallest absolute Gasteiger partial charge is 0.326 e. The molecule has 3 atom stereocenters. The summed E-state index contributed by atoms with van der Waals surface area (Å²) in [5.41, 5.74) is 2.50. The van der Waals surface area contributed by atoms with Crippen molar-refractivity contribution >= 4 is 34.4 Å². The molecule has 0 spiro atoms. The van der Waals surface area contributed by atoms with Gasteiger partial charge in [0.1, 0.15) is 24.8 Å². The second kappa shape index (κ2) is 8.50. The second-order valence-corrected chi connectivity index (χ2v) is 7.92. The van der Waals surface area contributed by atoms with E-state index in [0.717, 1.165) is 22.2 Å². The number of amides is 1. The third-order valence-corrected chi connectivity index (χ3v) is 5.76. The monoisotopic (exact) mass is 426 g/mol. The standard InChI is InChI=1S/C23H23ClN2O4/c1-2-5-19(23(28)29)26-20(27)13-30-22(14-8-10-16(24)11-9-14)21(26)18-12-15-6-3-4-7-17(15)25-18/h3-4,6-12,19,21-22,25H,2,5,13H2,1H3,(H,28,29). The number of aromatic amines is 1. The molecule has 4 rings (SSSR count). The Morgan fingerprint density at radius 3 is 2.67 bits per heavy atom. The summed E-state index contributed by atoms with van der Waals surface area (Å²) in [5, 5.41) is 11.5. The summed E-state index contributed by atoms with van der Waals surface area (Å²) in [7, 11) is 0. The van der Waals surface area contributed by atoms with Crippen molar-refractivity contribution in [2.75, 3.05) is 6.61 Å². The SMILES string of the molecule is CCCC(C(=O)O)N1C(=O)COC(c2ccc(Cl)cc2)C1c1cc2ccccc2[nH]1. The summed E-state index contributed by atoms with van der Waals surface area (Å²) in [6.45, 7) is 1.74. The lowest BCUT2D eigenvalue weighted by molar-refractivity contribution is -0.172. The normalized spacial score (nSPS) is 20.5. The minimum absolute atomic E-state index is 0.169. The fourth-order valence-electron chi connectivity index (χ4n) is 4.15. The molecule has 156 valence electrons. The number of carboxylic acid groups (broad SMARTS) is 1. The number of halogens is 1. The summed E-state index contributed by atoms with van der Waals surface area (Å²) in [5.74, 6) is -1.34. The van der Waals surface area contributed by atoms with Crippen LogP contribution in [0.4, 0.5) is 0 Å². The number of carboxylic acids is 1. The fraction of sp³-hybridized carbons (Fsp3) is 0.304. The van der Waals surface area contributed by atoms with Crippen LogP contribution in [0.3, 0.4) is 0 Å². The van der Waals surface area contributed by atoms with Crippen LogP contribution in [0.5, 0.6) is 0 Å². The van der Waals surface area contributed by atoms with Gasteiger partial charge in [0, 0.05) is 16.2 Å². The Labute approximate surface area is 179 Å². The van der Waals surface area contributed by atoms with E-state index in [0.29, 0.717) is 17.9 Å². The molecular formula is C23H23ClN2O4. The van der Waals surface area contributed by atoms with Crippen molar-refractivity contribution in [3.63, 3.8) is 0 Å². The van der Waals surface area contributed by atoms with E-state index in [2.05, 4.69) is 4.98 Å². The Balaban J connectivity index is 1.86. The topological polar surface area (TPSA) is 82.6 Å². The molecule has 0 aliphatic carbocycles. The van der Waals surface area contributed by atoms with Crippen LogP contribution in [-0.4, -0.2) is 39.5 Å². The lowest BCUT2D eigenvalue weighted by atomic mass is 9.93. The van der Waals surface area contributed by atoms with Gasteiger partial charge in [-0.3, -0.25) is 4.79 Å². The number of aliphatic carboxylic acids is 1. The fourth-order valence-corrected chi connectivity index (χ4v) is 4.28. The van der Waals surface area contributed by atoms with Crippen molar-refractivity contribution in [2.24, 2.45) is 0 Å². The van der Waals surface area contributed by atoms with Gasteiger partial charge in [-0.15, -0.1) is 0 Å². The maximum atomic E-state index is 12.9. The average Bonchev–Trinajstić information content (AvgIpc) is 3.16. The number of aromatic nitrogens is 1.